The van der Waals surface area contributed by atoms with Crippen LogP contribution < -0.4 is 4.74 Å². The van der Waals surface area contributed by atoms with E-state index >= 15 is 0 Å². The highest BCUT2D eigenvalue weighted by molar-refractivity contribution is 9.10. The van der Waals surface area contributed by atoms with Gasteiger partial charge in [-0.3, -0.25) is 0 Å². The largest absolute Gasteiger partial charge is 0.496 e. The Morgan fingerprint density at radius 3 is 2.79 bits per heavy atom. The number of halogens is 1. The lowest BCUT2D eigenvalue weighted by Gasteiger charge is -2.07. The van der Waals surface area contributed by atoms with Gasteiger partial charge in [0.05, 0.1) is 11.6 Å². The molecule has 0 aliphatic heterocycles. The third-order valence-corrected chi connectivity index (χ3v) is 2.66. The molecule has 74 valence electrons. The molecule has 0 amide bonds. The Hall–Kier alpha value is -0.940. The number of hydrogen-bond donors (Lipinski definition) is 0. The molecule has 0 heterocycles. The van der Waals surface area contributed by atoms with Crippen molar-refractivity contribution in [2.24, 2.45) is 5.92 Å². The van der Waals surface area contributed by atoms with Gasteiger partial charge < -0.3 is 4.74 Å². The van der Waals surface area contributed by atoms with Crippen molar-refractivity contribution in [2.45, 2.75) is 13.3 Å². The summed E-state index contributed by atoms with van der Waals surface area (Å²) >= 11 is 3.44. The second kappa shape index (κ2) is 5.07. The summed E-state index contributed by atoms with van der Waals surface area (Å²) in [5.41, 5.74) is 1.23. The second-order valence-corrected chi connectivity index (χ2v) is 4.10. The minimum Gasteiger partial charge on any atom is -0.496 e. The summed E-state index contributed by atoms with van der Waals surface area (Å²) in [6, 6.07) is 6.03. The molecular formula is C12H13BrO. The Morgan fingerprint density at radius 2 is 2.29 bits per heavy atom. The second-order valence-electron chi connectivity index (χ2n) is 3.24. The van der Waals surface area contributed by atoms with E-state index in [1.807, 2.05) is 25.1 Å². The topological polar surface area (TPSA) is 9.23 Å². The SMILES string of the molecule is C#CC(C)Cc1ccc(OC)c(Br)c1. The molecule has 1 atom stereocenters. The molecule has 0 radical (unpaired) electrons. The summed E-state index contributed by atoms with van der Waals surface area (Å²) in [4.78, 5) is 0. The highest BCUT2D eigenvalue weighted by atomic mass is 79.9. The molecule has 0 saturated carbocycles. The van der Waals surface area contributed by atoms with Crippen molar-refractivity contribution in [2.75, 3.05) is 7.11 Å². The van der Waals surface area contributed by atoms with Gasteiger partial charge >= 0.3 is 0 Å². The predicted octanol–water partition coefficient (Wildman–Crippen LogP) is 3.27. The van der Waals surface area contributed by atoms with E-state index in [1.165, 1.54) is 5.56 Å². The van der Waals surface area contributed by atoms with Gasteiger partial charge in [0.15, 0.2) is 0 Å². The van der Waals surface area contributed by atoms with Crippen LogP contribution in [-0.4, -0.2) is 7.11 Å². The third-order valence-electron chi connectivity index (χ3n) is 2.04. The van der Waals surface area contributed by atoms with Crippen LogP contribution in [0.15, 0.2) is 22.7 Å². The maximum absolute atomic E-state index is 5.33. The summed E-state index contributed by atoms with van der Waals surface area (Å²) in [5.74, 6) is 3.84. The van der Waals surface area contributed by atoms with Crippen molar-refractivity contribution in [1.29, 1.82) is 0 Å². The van der Waals surface area contributed by atoms with Gasteiger partial charge in [0.2, 0.25) is 0 Å². The number of terminal acetylenes is 1. The van der Waals surface area contributed by atoms with Gasteiger partial charge in [-0.15, -0.1) is 12.3 Å². The van der Waals surface area contributed by atoms with Gasteiger partial charge in [0, 0.05) is 5.92 Å². The smallest absolute Gasteiger partial charge is 0.133 e. The Labute approximate surface area is 93.6 Å². The number of ether oxygens (including phenoxy) is 1. The van der Waals surface area contributed by atoms with Gasteiger partial charge in [-0.1, -0.05) is 13.0 Å². The molecule has 0 aromatic heterocycles. The minimum atomic E-state index is 0.273. The molecule has 2 heteroatoms. The lowest BCUT2D eigenvalue weighted by Crippen LogP contribution is -1.96. The van der Waals surface area contributed by atoms with Crippen LogP contribution in [0, 0.1) is 18.3 Å². The molecule has 0 bridgehead atoms. The van der Waals surface area contributed by atoms with Crippen molar-refractivity contribution in [1.82, 2.24) is 0 Å². The van der Waals surface area contributed by atoms with Gasteiger partial charge in [0.1, 0.15) is 5.75 Å². The van der Waals surface area contributed by atoms with Crippen molar-refractivity contribution in [3.63, 3.8) is 0 Å². The van der Waals surface area contributed by atoms with Crippen LogP contribution in [0.4, 0.5) is 0 Å². The lowest BCUT2D eigenvalue weighted by molar-refractivity contribution is 0.412. The monoisotopic (exact) mass is 252 g/mol. The Morgan fingerprint density at radius 1 is 1.57 bits per heavy atom. The van der Waals surface area contributed by atoms with Crippen LogP contribution in [0.1, 0.15) is 12.5 Å². The van der Waals surface area contributed by atoms with Gasteiger partial charge in [-0.05, 0) is 40.0 Å². The molecule has 1 unspecified atom stereocenters. The van der Waals surface area contributed by atoms with E-state index in [1.54, 1.807) is 7.11 Å². The van der Waals surface area contributed by atoms with Crippen LogP contribution in [0.3, 0.4) is 0 Å². The molecule has 0 N–H and O–H groups in total. The highest BCUT2D eigenvalue weighted by Crippen LogP contribution is 2.26. The van der Waals surface area contributed by atoms with E-state index in [2.05, 4.69) is 21.9 Å². The fourth-order valence-corrected chi connectivity index (χ4v) is 1.84. The maximum atomic E-state index is 5.33. The Kier molecular flexibility index (Phi) is 4.03. The first-order valence-electron chi connectivity index (χ1n) is 4.46. The van der Waals surface area contributed by atoms with E-state index < -0.39 is 0 Å². The number of methoxy groups -OCH3 is 1. The summed E-state index contributed by atoms with van der Waals surface area (Å²) in [5, 5.41) is 0. The average Bonchev–Trinajstić information content (AvgIpc) is 2.18. The number of hydrogen-bond acceptors (Lipinski definition) is 1. The van der Waals surface area contributed by atoms with Gasteiger partial charge in [0.25, 0.3) is 0 Å². The van der Waals surface area contributed by atoms with E-state index in [-0.39, 0.29) is 5.92 Å². The van der Waals surface area contributed by atoms with Crippen molar-refractivity contribution in [3.8, 4) is 18.1 Å². The lowest BCUT2D eigenvalue weighted by atomic mass is 10.0. The molecule has 0 aliphatic rings. The van der Waals surface area contributed by atoms with E-state index in [0.717, 1.165) is 16.6 Å². The summed E-state index contributed by atoms with van der Waals surface area (Å²) in [6.45, 7) is 2.04. The zero-order valence-corrected chi connectivity index (χ0v) is 9.97. The minimum absolute atomic E-state index is 0.273. The first-order chi connectivity index (χ1) is 6.67. The standard InChI is InChI=1S/C12H13BrO/c1-4-9(2)7-10-5-6-12(14-3)11(13)8-10/h1,5-6,8-9H,7H2,2-3H3. The first kappa shape index (κ1) is 11.1. The molecule has 1 nitrogen and oxygen atoms in total. The molecule has 14 heavy (non-hydrogen) atoms. The van der Waals surface area contributed by atoms with E-state index in [9.17, 15) is 0 Å². The molecule has 0 aliphatic carbocycles. The van der Waals surface area contributed by atoms with Crippen molar-refractivity contribution >= 4 is 15.9 Å². The van der Waals surface area contributed by atoms with Gasteiger partial charge in [-0.25, -0.2) is 0 Å². The summed E-state index contributed by atoms with van der Waals surface area (Å²) in [7, 11) is 1.66. The summed E-state index contributed by atoms with van der Waals surface area (Å²) < 4.78 is 6.12. The molecule has 0 fully saturated rings. The first-order valence-corrected chi connectivity index (χ1v) is 5.25. The molecule has 0 saturated heterocycles. The van der Waals surface area contributed by atoms with E-state index in [4.69, 9.17) is 11.2 Å². The fraction of sp³-hybridized carbons (Fsp3) is 0.333. The summed E-state index contributed by atoms with van der Waals surface area (Å²) in [6.07, 6.45) is 6.23. The number of benzene rings is 1. The van der Waals surface area contributed by atoms with Gasteiger partial charge in [-0.2, -0.15) is 0 Å². The molecule has 1 aromatic carbocycles. The van der Waals surface area contributed by atoms with Crippen LogP contribution in [0.5, 0.6) is 5.75 Å². The van der Waals surface area contributed by atoms with Crippen molar-refractivity contribution in [3.05, 3.63) is 28.2 Å². The fourth-order valence-electron chi connectivity index (χ4n) is 1.25. The van der Waals surface area contributed by atoms with E-state index in [0.29, 0.717) is 0 Å². The van der Waals surface area contributed by atoms with Crippen molar-refractivity contribution < 1.29 is 4.74 Å². The molecular weight excluding hydrogens is 240 g/mol. The zero-order chi connectivity index (χ0) is 10.6. The Bertz CT molecular complexity index is 352. The normalized spacial score (nSPS) is 11.9. The Balaban J connectivity index is 2.82. The van der Waals surface area contributed by atoms with Crippen LogP contribution in [0.2, 0.25) is 0 Å². The quantitative estimate of drug-likeness (QED) is 0.751. The van der Waals surface area contributed by atoms with Crippen LogP contribution in [-0.2, 0) is 6.42 Å². The molecule has 0 spiro atoms. The third kappa shape index (κ3) is 2.78. The van der Waals surface area contributed by atoms with Crippen LogP contribution in [0.25, 0.3) is 0 Å². The maximum Gasteiger partial charge on any atom is 0.133 e. The highest BCUT2D eigenvalue weighted by Gasteiger charge is 2.03. The number of rotatable bonds is 3. The average molecular weight is 253 g/mol. The zero-order valence-electron chi connectivity index (χ0n) is 8.38. The van der Waals surface area contributed by atoms with Crippen LogP contribution >= 0.6 is 15.9 Å². The predicted molar refractivity (Wildman–Crippen MR) is 62.4 cm³/mol. The molecule has 1 aromatic rings. The molecule has 1 rings (SSSR count).